The highest BCUT2D eigenvalue weighted by Gasteiger charge is 2.73. The summed E-state index contributed by atoms with van der Waals surface area (Å²) in [5, 5.41) is 28.1. The van der Waals surface area contributed by atoms with Gasteiger partial charge in [-0.15, -0.1) is 0 Å². The molecule has 2 bridgehead atoms. The molecule has 1 saturated heterocycles. The number of nitrogens with one attached hydrogen (secondary N) is 1. The van der Waals surface area contributed by atoms with Gasteiger partial charge in [0.2, 0.25) is 6.10 Å². The maximum absolute atomic E-state index is 15.2. The lowest BCUT2D eigenvalue weighted by Crippen LogP contribution is -2.75. The molecule has 12 nitrogen and oxygen atoms in total. The second-order valence-corrected chi connectivity index (χ2v) is 19.2. The molecule has 1 unspecified atom stereocenters. The summed E-state index contributed by atoms with van der Waals surface area (Å²) in [5.74, 6) is -4.65. The van der Waals surface area contributed by atoms with Crippen molar-refractivity contribution in [3.8, 4) is 0 Å². The van der Waals surface area contributed by atoms with Crippen LogP contribution >= 0.6 is 0 Å². The van der Waals surface area contributed by atoms with E-state index >= 15 is 4.79 Å². The Hall–Kier alpha value is -4.39. The van der Waals surface area contributed by atoms with E-state index in [9.17, 15) is 29.4 Å². The van der Waals surface area contributed by atoms with Crippen LogP contribution in [0.4, 0.5) is 0 Å². The maximum Gasteiger partial charge on any atom is 0.350 e. The van der Waals surface area contributed by atoms with Crippen LogP contribution in [0.2, 0.25) is 0 Å². The second-order valence-electron chi connectivity index (χ2n) is 19.2. The van der Waals surface area contributed by atoms with E-state index in [1.54, 1.807) is 74.5 Å². The minimum absolute atomic E-state index is 0.0469. The third-order valence-corrected chi connectivity index (χ3v) is 15.1. The Morgan fingerprint density at radius 1 is 0.903 bits per heavy atom. The van der Waals surface area contributed by atoms with Gasteiger partial charge in [-0.25, -0.2) is 4.79 Å². The fraction of sp³-hybridized carbons (Fsp3) is 0.620. The highest BCUT2D eigenvalue weighted by atomic mass is 16.6. The van der Waals surface area contributed by atoms with Crippen molar-refractivity contribution in [2.45, 2.75) is 162 Å². The molecule has 0 spiro atoms. The molecule has 0 radical (unpaired) electrons. The Kier molecular flexibility index (Phi) is 14.2. The molecular formula is C50H67NO11. The summed E-state index contributed by atoms with van der Waals surface area (Å²) >= 11 is 0. The highest BCUT2D eigenvalue weighted by Crippen LogP contribution is 2.67. The van der Waals surface area contributed by atoms with Gasteiger partial charge in [0.05, 0.1) is 29.8 Å². The van der Waals surface area contributed by atoms with E-state index in [1.807, 2.05) is 27.7 Å². The zero-order valence-electron chi connectivity index (χ0n) is 37.7. The van der Waals surface area contributed by atoms with Crippen molar-refractivity contribution < 1.29 is 53.1 Å². The van der Waals surface area contributed by atoms with E-state index in [2.05, 4.69) is 12.2 Å². The van der Waals surface area contributed by atoms with Crippen molar-refractivity contribution in [1.82, 2.24) is 5.32 Å². The first kappa shape index (κ1) is 47.1. The number of aliphatic hydroxyl groups is 2. The fourth-order valence-electron chi connectivity index (χ4n) is 11.5. The van der Waals surface area contributed by atoms with Gasteiger partial charge in [0.15, 0.2) is 11.9 Å². The second kappa shape index (κ2) is 18.8. The Labute approximate surface area is 366 Å². The summed E-state index contributed by atoms with van der Waals surface area (Å²) < 4.78 is 24.4. The molecule has 12 heteroatoms. The molecule has 3 aliphatic carbocycles. The van der Waals surface area contributed by atoms with Crippen LogP contribution < -0.4 is 5.32 Å². The topological polar surface area (TPSA) is 175 Å². The van der Waals surface area contributed by atoms with Gasteiger partial charge in [-0.3, -0.25) is 19.2 Å². The third kappa shape index (κ3) is 8.63. The number of aliphatic hydroxyl groups excluding tert-OH is 1. The van der Waals surface area contributed by atoms with E-state index in [0.29, 0.717) is 29.7 Å². The van der Waals surface area contributed by atoms with Crippen molar-refractivity contribution in [3.63, 3.8) is 0 Å². The van der Waals surface area contributed by atoms with Gasteiger partial charge in [-0.05, 0) is 60.9 Å². The van der Waals surface area contributed by atoms with Crippen LogP contribution in [0.25, 0.3) is 0 Å². The number of rotatable bonds is 16. The van der Waals surface area contributed by atoms with Gasteiger partial charge in [0, 0.05) is 42.6 Å². The molecule has 2 aromatic carbocycles. The number of ketones is 1. The third-order valence-electron chi connectivity index (χ3n) is 15.1. The molecule has 1 amide bonds. The molecule has 2 saturated carbocycles. The lowest BCUT2D eigenvalue weighted by atomic mass is 9.40. The van der Waals surface area contributed by atoms with Crippen molar-refractivity contribution in [1.29, 1.82) is 0 Å². The van der Waals surface area contributed by atoms with Crippen LogP contribution in [0.15, 0.2) is 71.8 Å². The SMILES string of the molecule is CCCCCCCCCC(=O)O[C@@H](C(=O)O[C@H]1C[C@@]2(O)[C@@H](C)C3[C@]4(C)CO[C@@H]4C[C@H](O)[C@@]3(C)C(=O)[C@H](OC(C)=O)C(=C1C)C2(C)C)[C@@H](NC(=O)c1ccccc1)c1ccccc1. The van der Waals surface area contributed by atoms with Crippen LogP contribution in [0.5, 0.6) is 0 Å². The highest BCUT2D eigenvalue weighted by molar-refractivity contribution is 5.96. The smallest absolute Gasteiger partial charge is 0.350 e. The fourth-order valence-corrected chi connectivity index (χ4v) is 11.5. The molecule has 1 aliphatic heterocycles. The lowest BCUT2D eigenvalue weighted by Gasteiger charge is -2.68. The number of benzene rings is 2. The summed E-state index contributed by atoms with van der Waals surface area (Å²) in [6, 6.07) is 16.1. The largest absolute Gasteiger partial charge is 0.455 e. The molecule has 62 heavy (non-hydrogen) atoms. The molecule has 3 N–H and O–H groups in total. The Bertz CT molecular complexity index is 2000. The number of carbonyl (C=O) groups is 5. The maximum atomic E-state index is 15.2. The molecule has 3 fully saturated rings. The number of unbranched alkanes of at least 4 members (excludes halogenated alkanes) is 6. The van der Waals surface area contributed by atoms with Crippen LogP contribution in [0.1, 0.15) is 142 Å². The van der Waals surface area contributed by atoms with Crippen molar-refractivity contribution in [2.75, 3.05) is 6.61 Å². The molecule has 338 valence electrons. The quantitative estimate of drug-likeness (QED) is 0.0659. The first-order chi connectivity index (χ1) is 29.3. The normalized spacial score (nSPS) is 32.1. The van der Waals surface area contributed by atoms with Crippen LogP contribution in [-0.4, -0.2) is 82.5 Å². The molecule has 11 atom stereocenters. The average molecular weight is 858 g/mol. The molecule has 0 aromatic heterocycles. The van der Waals surface area contributed by atoms with Gasteiger partial charge < -0.3 is 34.5 Å². The summed E-state index contributed by atoms with van der Waals surface area (Å²) in [4.78, 5) is 70.6. The molecule has 6 rings (SSSR count). The summed E-state index contributed by atoms with van der Waals surface area (Å²) in [7, 11) is 0. The Morgan fingerprint density at radius 3 is 2.11 bits per heavy atom. The zero-order chi connectivity index (χ0) is 45.2. The average Bonchev–Trinajstić information content (AvgIpc) is 3.23. The minimum atomic E-state index is -1.71. The standard InChI is InChI=1S/C50H67NO11/c1-9-10-11-12-13-14-21-26-38(54)62-42(40(33-22-17-15-18-23-33)51-45(56)34-24-19-16-20-25-34)46(57)61-35-28-50(58)31(3)43-48(7)29-59-37(48)27-36(53)49(43,8)44(55)41(60-32(4)52)39(30(35)2)47(50,5)6/h15-20,22-25,31,35-37,40-43,53,58H,9-14,21,26-29H2,1-8H3,(H,51,56)/t31-,35-,36-,37+,40-,41+,42+,43?,48+,49+,50+/m0/s1. The van der Waals surface area contributed by atoms with E-state index < -0.39 is 93.7 Å². The first-order valence-electron chi connectivity index (χ1n) is 22.6. The number of esters is 3. The molecular weight excluding hydrogens is 791 g/mol. The van der Waals surface area contributed by atoms with E-state index in [4.69, 9.17) is 18.9 Å². The van der Waals surface area contributed by atoms with Gasteiger partial charge in [0.25, 0.3) is 5.91 Å². The number of Topliss-reactive ketones (excluding diaryl/α,β-unsaturated/α-hetero) is 1. The monoisotopic (exact) mass is 857 g/mol. The number of hydrogen-bond acceptors (Lipinski definition) is 11. The van der Waals surface area contributed by atoms with Crippen LogP contribution in [0, 0.1) is 28.1 Å². The minimum Gasteiger partial charge on any atom is -0.455 e. The predicted octanol–water partition coefficient (Wildman–Crippen LogP) is 7.54. The van der Waals surface area contributed by atoms with Gasteiger partial charge in [0.1, 0.15) is 12.1 Å². The summed E-state index contributed by atoms with van der Waals surface area (Å²) in [6.07, 6.45) is 1.04. The summed E-state index contributed by atoms with van der Waals surface area (Å²) in [6.45, 7) is 14.6. The predicted molar refractivity (Wildman–Crippen MR) is 231 cm³/mol. The van der Waals surface area contributed by atoms with Crippen LogP contribution in [-0.2, 0) is 38.1 Å². The molecule has 2 aromatic rings. The molecule has 4 aliphatic rings. The first-order valence-corrected chi connectivity index (χ1v) is 22.6. The summed E-state index contributed by atoms with van der Waals surface area (Å²) in [5.41, 5.74) is -3.50. The number of hydrogen-bond donors (Lipinski definition) is 3. The van der Waals surface area contributed by atoms with E-state index in [0.717, 1.165) is 38.5 Å². The lowest BCUT2D eigenvalue weighted by molar-refractivity contribution is -0.302. The number of fused-ring (bicyclic) bond motifs is 5. The number of amides is 1. The Balaban J connectivity index is 1.41. The van der Waals surface area contributed by atoms with E-state index in [1.165, 1.54) is 6.92 Å². The van der Waals surface area contributed by atoms with Gasteiger partial charge in [-0.2, -0.15) is 0 Å². The van der Waals surface area contributed by atoms with Crippen molar-refractivity contribution in [3.05, 3.63) is 82.9 Å². The Morgan fingerprint density at radius 2 is 1.52 bits per heavy atom. The van der Waals surface area contributed by atoms with E-state index in [-0.39, 0.29) is 30.9 Å². The van der Waals surface area contributed by atoms with Crippen molar-refractivity contribution >= 4 is 29.6 Å². The van der Waals surface area contributed by atoms with Gasteiger partial charge in [-0.1, -0.05) is 122 Å². The van der Waals surface area contributed by atoms with Crippen LogP contribution in [0.3, 0.4) is 0 Å². The zero-order valence-corrected chi connectivity index (χ0v) is 37.7. The van der Waals surface area contributed by atoms with Crippen molar-refractivity contribution in [2.24, 2.45) is 28.1 Å². The molecule has 1 heterocycles. The number of ether oxygens (including phenoxy) is 4. The van der Waals surface area contributed by atoms with Gasteiger partial charge >= 0.3 is 17.9 Å². The number of carbonyl (C=O) groups excluding carboxylic acids is 5.